The number of aromatic nitrogens is 1. The Kier molecular flexibility index (Phi) is 4.42. The molecule has 0 aliphatic carbocycles. The lowest BCUT2D eigenvalue weighted by molar-refractivity contribution is -0.141. The van der Waals surface area contributed by atoms with Crippen LogP contribution >= 0.6 is 11.8 Å². The molecule has 1 saturated heterocycles. The van der Waals surface area contributed by atoms with Crippen molar-refractivity contribution < 1.29 is 14.7 Å². The van der Waals surface area contributed by atoms with Crippen LogP contribution in [0.5, 0.6) is 0 Å². The lowest BCUT2D eigenvalue weighted by atomic mass is 10.2. The zero-order valence-corrected chi connectivity index (χ0v) is 12.8. The van der Waals surface area contributed by atoms with E-state index in [9.17, 15) is 14.7 Å². The van der Waals surface area contributed by atoms with E-state index in [4.69, 9.17) is 0 Å². The molecule has 2 unspecified atom stereocenters. The fourth-order valence-electron chi connectivity index (χ4n) is 2.50. The van der Waals surface area contributed by atoms with Crippen LogP contribution in [-0.4, -0.2) is 43.6 Å². The molecule has 0 bridgehead atoms. The van der Waals surface area contributed by atoms with Crippen molar-refractivity contribution in [3.05, 3.63) is 24.0 Å². The molecule has 0 spiro atoms. The minimum Gasteiger partial charge on any atom is -0.480 e. The Bertz CT molecular complexity index is 512. The molecule has 0 radical (unpaired) electrons. The number of aliphatic carboxylic acids is 1. The molecular formula is C14H20N2O3S. The summed E-state index contributed by atoms with van der Waals surface area (Å²) in [7, 11) is 0. The number of thioether (sulfide) groups is 1. The number of carboxylic acid groups (broad SMARTS) is 1. The highest BCUT2D eigenvalue weighted by atomic mass is 32.2. The van der Waals surface area contributed by atoms with Crippen molar-refractivity contribution in [2.24, 2.45) is 0 Å². The molecule has 6 heteroatoms. The number of carboxylic acids is 1. The van der Waals surface area contributed by atoms with Crippen LogP contribution in [-0.2, 0) is 4.79 Å². The maximum Gasteiger partial charge on any atom is 0.327 e. The van der Waals surface area contributed by atoms with Gasteiger partial charge in [-0.1, -0.05) is 6.92 Å². The Morgan fingerprint density at radius 2 is 2.20 bits per heavy atom. The van der Waals surface area contributed by atoms with Crippen molar-refractivity contribution >= 4 is 23.6 Å². The van der Waals surface area contributed by atoms with Gasteiger partial charge in [-0.3, -0.25) is 4.79 Å². The first-order chi connectivity index (χ1) is 9.47. The second-order valence-electron chi connectivity index (χ2n) is 5.16. The van der Waals surface area contributed by atoms with Crippen molar-refractivity contribution in [2.75, 3.05) is 5.75 Å². The van der Waals surface area contributed by atoms with Gasteiger partial charge in [0, 0.05) is 18.0 Å². The maximum atomic E-state index is 12.7. The van der Waals surface area contributed by atoms with E-state index in [1.807, 2.05) is 37.6 Å². The monoisotopic (exact) mass is 296 g/mol. The minimum absolute atomic E-state index is 0.0564. The second-order valence-corrected chi connectivity index (χ2v) is 6.37. The summed E-state index contributed by atoms with van der Waals surface area (Å²) in [5.74, 6) is -0.653. The van der Waals surface area contributed by atoms with Crippen molar-refractivity contribution in [3.8, 4) is 0 Å². The zero-order chi connectivity index (χ0) is 14.9. The molecule has 1 N–H and O–H groups in total. The molecule has 0 aromatic carbocycles. The van der Waals surface area contributed by atoms with Crippen LogP contribution in [0.15, 0.2) is 18.3 Å². The van der Waals surface area contributed by atoms with E-state index in [2.05, 4.69) is 0 Å². The fourth-order valence-corrected chi connectivity index (χ4v) is 3.84. The predicted octanol–water partition coefficient (Wildman–Crippen LogP) is 2.45. The molecule has 1 amide bonds. The predicted molar refractivity (Wildman–Crippen MR) is 78.9 cm³/mol. The largest absolute Gasteiger partial charge is 0.480 e. The molecule has 20 heavy (non-hydrogen) atoms. The summed E-state index contributed by atoms with van der Waals surface area (Å²) < 4.78 is 1.89. The normalized spacial score (nSPS) is 22.5. The van der Waals surface area contributed by atoms with Gasteiger partial charge in [-0.2, -0.15) is 0 Å². The number of hydrogen-bond donors (Lipinski definition) is 1. The van der Waals surface area contributed by atoms with Gasteiger partial charge in [0.25, 0.3) is 5.91 Å². The second kappa shape index (κ2) is 5.91. The summed E-state index contributed by atoms with van der Waals surface area (Å²) in [6.45, 7) is 5.98. The Labute approximate surface area is 122 Å². The number of rotatable bonds is 4. The van der Waals surface area contributed by atoms with E-state index < -0.39 is 12.0 Å². The van der Waals surface area contributed by atoms with Gasteiger partial charge in [-0.05, 0) is 32.4 Å². The van der Waals surface area contributed by atoms with E-state index in [0.29, 0.717) is 11.4 Å². The first-order valence-electron chi connectivity index (χ1n) is 6.81. The third-order valence-corrected chi connectivity index (χ3v) is 4.97. The molecule has 5 nitrogen and oxygen atoms in total. The average molecular weight is 296 g/mol. The highest BCUT2D eigenvalue weighted by Gasteiger charge is 2.41. The van der Waals surface area contributed by atoms with Crippen LogP contribution in [0.4, 0.5) is 0 Å². The molecule has 1 aromatic rings. The van der Waals surface area contributed by atoms with Gasteiger partial charge >= 0.3 is 5.97 Å². The molecule has 2 rings (SSSR count). The number of amides is 1. The lowest BCUT2D eigenvalue weighted by Gasteiger charge is -2.27. The summed E-state index contributed by atoms with van der Waals surface area (Å²) in [6.07, 6.45) is 2.61. The smallest absolute Gasteiger partial charge is 0.327 e. The van der Waals surface area contributed by atoms with Crippen LogP contribution in [0.1, 0.15) is 43.7 Å². The average Bonchev–Trinajstić information content (AvgIpc) is 3.04. The quantitative estimate of drug-likeness (QED) is 0.927. The van der Waals surface area contributed by atoms with E-state index in [1.54, 1.807) is 17.8 Å². The highest BCUT2D eigenvalue weighted by Crippen LogP contribution is 2.33. The Balaban J connectivity index is 2.34. The van der Waals surface area contributed by atoms with Crippen LogP contribution in [0.25, 0.3) is 0 Å². The molecule has 1 aromatic heterocycles. The van der Waals surface area contributed by atoms with Gasteiger partial charge in [0.2, 0.25) is 0 Å². The first kappa shape index (κ1) is 15.0. The van der Waals surface area contributed by atoms with E-state index in [1.165, 1.54) is 4.90 Å². The summed E-state index contributed by atoms with van der Waals surface area (Å²) >= 11 is 1.54. The summed E-state index contributed by atoms with van der Waals surface area (Å²) in [5, 5.41) is 9.25. The van der Waals surface area contributed by atoms with Gasteiger partial charge in [0.05, 0.1) is 5.37 Å². The van der Waals surface area contributed by atoms with Crippen molar-refractivity contribution in [1.82, 2.24) is 9.47 Å². The molecule has 1 fully saturated rings. The molecular weight excluding hydrogens is 276 g/mol. The number of carbonyl (C=O) groups is 2. The maximum absolute atomic E-state index is 12.7. The van der Waals surface area contributed by atoms with E-state index >= 15 is 0 Å². The molecule has 1 aliphatic heterocycles. The number of carbonyl (C=O) groups excluding carboxylic acids is 1. The third-order valence-electron chi connectivity index (χ3n) is 3.52. The Morgan fingerprint density at radius 1 is 1.50 bits per heavy atom. The SMILES string of the molecule is CCC1SCC(C(=O)O)N1C(=O)c1cccn1C(C)C. The van der Waals surface area contributed by atoms with Gasteiger partial charge in [-0.15, -0.1) is 11.8 Å². The number of hydrogen-bond acceptors (Lipinski definition) is 3. The Morgan fingerprint density at radius 3 is 2.75 bits per heavy atom. The topological polar surface area (TPSA) is 62.5 Å². The van der Waals surface area contributed by atoms with Gasteiger partial charge in [-0.25, -0.2) is 4.79 Å². The van der Waals surface area contributed by atoms with Gasteiger partial charge in [0.1, 0.15) is 11.7 Å². The van der Waals surface area contributed by atoms with Crippen molar-refractivity contribution in [2.45, 2.75) is 44.6 Å². The molecule has 2 heterocycles. The lowest BCUT2D eigenvalue weighted by Crippen LogP contribution is -2.46. The zero-order valence-electron chi connectivity index (χ0n) is 11.9. The van der Waals surface area contributed by atoms with Crippen LogP contribution in [0.2, 0.25) is 0 Å². The van der Waals surface area contributed by atoms with Gasteiger partial charge in [0.15, 0.2) is 0 Å². The molecule has 110 valence electrons. The van der Waals surface area contributed by atoms with E-state index in [-0.39, 0.29) is 17.3 Å². The van der Waals surface area contributed by atoms with Crippen LogP contribution in [0, 0.1) is 0 Å². The Hall–Kier alpha value is -1.43. The first-order valence-corrected chi connectivity index (χ1v) is 7.86. The van der Waals surface area contributed by atoms with Gasteiger partial charge < -0.3 is 14.6 Å². The molecule has 0 saturated carbocycles. The molecule has 1 aliphatic rings. The number of nitrogens with zero attached hydrogens (tertiary/aromatic N) is 2. The van der Waals surface area contributed by atoms with Crippen molar-refractivity contribution in [1.29, 1.82) is 0 Å². The summed E-state index contributed by atoms with van der Waals surface area (Å²) in [5.41, 5.74) is 0.562. The standard InChI is InChI=1S/C14H20N2O3S/c1-4-12-16(11(8-20-12)14(18)19)13(17)10-6-5-7-15(10)9(2)3/h5-7,9,11-12H,4,8H2,1-3H3,(H,18,19). The summed E-state index contributed by atoms with van der Waals surface area (Å²) in [4.78, 5) is 25.6. The summed E-state index contributed by atoms with van der Waals surface area (Å²) in [6, 6.07) is 3.03. The van der Waals surface area contributed by atoms with Crippen LogP contribution in [0.3, 0.4) is 0 Å². The third kappa shape index (κ3) is 2.57. The van der Waals surface area contributed by atoms with Crippen LogP contribution < -0.4 is 0 Å². The molecule has 2 atom stereocenters. The van der Waals surface area contributed by atoms with Crippen molar-refractivity contribution in [3.63, 3.8) is 0 Å². The minimum atomic E-state index is -0.926. The fraction of sp³-hybridized carbons (Fsp3) is 0.571. The highest BCUT2D eigenvalue weighted by molar-refractivity contribution is 8.00. The van der Waals surface area contributed by atoms with E-state index in [0.717, 1.165) is 6.42 Å².